The molecule has 0 fully saturated rings. The van der Waals surface area contributed by atoms with E-state index in [4.69, 9.17) is 9.47 Å². The Kier molecular flexibility index (Phi) is 4.37. The zero-order valence-corrected chi connectivity index (χ0v) is 12.0. The highest BCUT2D eigenvalue weighted by Crippen LogP contribution is 2.43. The monoisotopic (exact) mass is 304 g/mol. The summed E-state index contributed by atoms with van der Waals surface area (Å²) >= 11 is 0. The number of halogens is 3. The molecule has 1 aromatic carbocycles. The average molecular weight is 304 g/mol. The molecule has 0 radical (unpaired) electrons. The summed E-state index contributed by atoms with van der Waals surface area (Å²) in [4.78, 5) is 0. The van der Waals surface area contributed by atoms with Crippen LogP contribution in [0, 0.1) is 0 Å². The zero-order chi connectivity index (χ0) is 15.7. The highest BCUT2D eigenvalue weighted by Gasteiger charge is 2.37. The summed E-state index contributed by atoms with van der Waals surface area (Å²) in [6, 6.07) is 5.07. The standard InChI is InChI=1S/C15H19F3O3/c1-14(6-3-7-15(16,17)18)9-12(19)11-8-10(20-2)4-5-13(11)21-14/h4-5,8,12,19H,3,6-7,9H2,1-2H3/t12-,14?/m0/s1. The van der Waals surface area contributed by atoms with Gasteiger partial charge in [0.25, 0.3) is 0 Å². The first kappa shape index (κ1) is 15.9. The maximum absolute atomic E-state index is 12.2. The fourth-order valence-corrected chi connectivity index (χ4v) is 2.65. The first-order valence-corrected chi connectivity index (χ1v) is 6.84. The predicted octanol–water partition coefficient (Wildman–Crippen LogP) is 4.00. The van der Waals surface area contributed by atoms with Gasteiger partial charge in [0, 0.05) is 18.4 Å². The van der Waals surface area contributed by atoms with Gasteiger partial charge in [0.05, 0.1) is 13.2 Å². The van der Waals surface area contributed by atoms with Crippen molar-refractivity contribution in [3.05, 3.63) is 23.8 Å². The van der Waals surface area contributed by atoms with Crippen LogP contribution < -0.4 is 9.47 Å². The SMILES string of the molecule is COc1ccc2c(c1)[C@@H](O)CC(C)(CCCC(F)(F)F)O2. The van der Waals surface area contributed by atoms with Crippen molar-refractivity contribution in [2.45, 2.75) is 50.5 Å². The summed E-state index contributed by atoms with van der Waals surface area (Å²) in [7, 11) is 1.53. The van der Waals surface area contributed by atoms with Crippen molar-refractivity contribution in [2.24, 2.45) is 0 Å². The number of fused-ring (bicyclic) bond motifs is 1. The molecule has 0 amide bonds. The lowest BCUT2D eigenvalue weighted by molar-refractivity contribution is -0.138. The van der Waals surface area contributed by atoms with Gasteiger partial charge < -0.3 is 14.6 Å². The largest absolute Gasteiger partial charge is 0.497 e. The second-order valence-corrected chi connectivity index (χ2v) is 5.64. The van der Waals surface area contributed by atoms with Gasteiger partial charge in [-0.2, -0.15) is 13.2 Å². The Balaban J connectivity index is 2.08. The molecular weight excluding hydrogens is 285 g/mol. The molecule has 1 aliphatic rings. The summed E-state index contributed by atoms with van der Waals surface area (Å²) < 4.78 is 47.6. The van der Waals surface area contributed by atoms with Crippen molar-refractivity contribution in [2.75, 3.05) is 7.11 Å². The minimum absolute atomic E-state index is 0.0157. The summed E-state index contributed by atoms with van der Waals surface area (Å²) in [6.07, 6.45) is -5.26. The smallest absolute Gasteiger partial charge is 0.389 e. The van der Waals surface area contributed by atoms with Crippen molar-refractivity contribution in [3.8, 4) is 11.5 Å². The van der Waals surface area contributed by atoms with Crippen LogP contribution in [0.15, 0.2) is 18.2 Å². The van der Waals surface area contributed by atoms with Crippen LogP contribution in [-0.4, -0.2) is 24.0 Å². The third-order valence-electron chi connectivity index (χ3n) is 3.72. The number of ether oxygens (including phenoxy) is 2. The van der Waals surface area contributed by atoms with Gasteiger partial charge in [-0.15, -0.1) is 0 Å². The van der Waals surface area contributed by atoms with Gasteiger partial charge in [0.15, 0.2) is 0 Å². The molecule has 2 rings (SSSR count). The molecule has 1 aliphatic heterocycles. The van der Waals surface area contributed by atoms with Crippen LogP contribution in [0.2, 0.25) is 0 Å². The molecule has 1 N–H and O–H groups in total. The number of hydrogen-bond donors (Lipinski definition) is 1. The lowest BCUT2D eigenvalue weighted by Crippen LogP contribution is -2.38. The second kappa shape index (κ2) is 5.75. The Morgan fingerprint density at radius 3 is 2.76 bits per heavy atom. The molecule has 1 aromatic rings. The molecule has 21 heavy (non-hydrogen) atoms. The number of methoxy groups -OCH3 is 1. The number of aliphatic hydroxyl groups excluding tert-OH is 1. The van der Waals surface area contributed by atoms with Crippen LogP contribution in [0.25, 0.3) is 0 Å². The van der Waals surface area contributed by atoms with Crippen molar-refractivity contribution >= 4 is 0 Å². The second-order valence-electron chi connectivity index (χ2n) is 5.64. The van der Waals surface area contributed by atoms with E-state index in [1.165, 1.54) is 7.11 Å². The van der Waals surface area contributed by atoms with E-state index < -0.39 is 24.3 Å². The minimum Gasteiger partial charge on any atom is -0.497 e. The summed E-state index contributed by atoms with van der Waals surface area (Å²) in [5.41, 5.74) is -0.172. The molecule has 2 atom stereocenters. The third kappa shape index (κ3) is 4.03. The van der Waals surface area contributed by atoms with E-state index in [9.17, 15) is 18.3 Å². The summed E-state index contributed by atoms with van der Waals surface area (Å²) in [5, 5.41) is 10.2. The Morgan fingerprint density at radius 1 is 1.43 bits per heavy atom. The van der Waals surface area contributed by atoms with Gasteiger partial charge in [0.1, 0.15) is 17.1 Å². The zero-order valence-electron chi connectivity index (χ0n) is 12.0. The van der Waals surface area contributed by atoms with Crippen LogP contribution >= 0.6 is 0 Å². The number of rotatable bonds is 4. The molecule has 0 spiro atoms. The Hall–Kier alpha value is -1.43. The van der Waals surface area contributed by atoms with Crippen molar-refractivity contribution in [1.29, 1.82) is 0 Å². The fraction of sp³-hybridized carbons (Fsp3) is 0.600. The maximum atomic E-state index is 12.2. The molecule has 0 bridgehead atoms. The van der Waals surface area contributed by atoms with Crippen LogP contribution in [0.4, 0.5) is 13.2 Å². The number of alkyl halides is 3. The predicted molar refractivity (Wildman–Crippen MR) is 71.5 cm³/mol. The lowest BCUT2D eigenvalue weighted by atomic mass is 9.86. The highest BCUT2D eigenvalue weighted by molar-refractivity contribution is 5.43. The van der Waals surface area contributed by atoms with E-state index >= 15 is 0 Å². The lowest BCUT2D eigenvalue weighted by Gasteiger charge is -2.38. The van der Waals surface area contributed by atoms with Crippen LogP contribution in [0.5, 0.6) is 11.5 Å². The number of benzene rings is 1. The van der Waals surface area contributed by atoms with E-state index in [0.29, 0.717) is 17.1 Å². The quantitative estimate of drug-likeness (QED) is 0.913. The molecule has 6 heteroatoms. The van der Waals surface area contributed by atoms with Gasteiger partial charge >= 0.3 is 6.18 Å². The Bertz CT molecular complexity index is 501. The average Bonchev–Trinajstić information content (AvgIpc) is 2.36. The molecule has 118 valence electrons. The van der Waals surface area contributed by atoms with Gasteiger partial charge in [-0.3, -0.25) is 0 Å². The highest BCUT2D eigenvalue weighted by atomic mass is 19.4. The molecule has 0 aromatic heterocycles. The third-order valence-corrected chi connectivity index (χ3v) is 3.72. The minimum atomic E-state index is -4.16. The number of hydrogen-bond acceptors (Lipinski definition) is 3. The molecule has 0 aliphatic carbocycles. The normalized spacial score (nSPS) is 25.1. The van der Waals surface area contributed by atoms with Crippen LogP contribution in [-0.2, 0) is 0 Å². The van der Waals surface area contributed by atoms with Gasteiger partial charge in [0.2, 0.25) is 0 Å². The van der Waals surface area contributed by atoms with E-state index in [-0.39, 0.29) is 19.3 Å². The van der Waals surface area contributed by atoms with Gasteiger partial charge in [-0.1, -0.05) is 0 Å². The molecule has 3 nitrogen and oxygen atoms in total. The maximum Gasteiger partial charge on any atom is 0.389 e. The van der Waals surface area contributed by atoms with E-state index in [0.717, 1.165) is 0 Å². The fourth-order valence-electron chi connectivity index (χ4n) is 2.65. The molecule has 0 saturated carbocycles. The van der Waals surface area contributed by atoms with Crippen LogP contribution in [0.1, 0.15) is 44.3 Å². The molecule has 0 saturated heterocycles. The Morgan fingerprint density at radius 2 is 2.14 bits per heavy atom. The topological polar surface area (TPSA) is 38.7 Å². The van der Waals surface area contributed by atoms with Crippen molar-refractivity contribution in [1.82, 2.24) is 0 Å². The van der Waals surface area contributed by atoms with Gasteiger partial charge in [-0.05, 0) is 38.0 Å². The Labute approximate surface area is 121 Å². The van der Waals surface area contributed by atoms with Crippen LogP contribution in [0.3, 0.4) is 0 Å². The van der Waals surface area contributed by atoms with Crippen molar-refractivity contribution < 1.29 is 27.8 Å². The van der Waals surface area contributed by atoms with Gasteiger partial charge in [-0.25, -0.2) is 0 Å². The molecular formula is C15H19F3O3. The number of aliphatic hydroxyl groups is 1. The first-order valence-electron chi connectivity index (χ1n) is 6.84. The molecule has 1 heterocycles. The first-order chi connectivity index (χ1) is 9.72. The van der Waals surface area contributed by atoms with E-state index in [1.54, 1.807) is 25.1 Å². The molecule has 1 unspecified atom stereocenters. The van der Waals surface area contributed by atoms with E-state index in [2.05, 4.69) is 0 Å². The summed E-state index contributed by atoms with van der Waals surface area (Å²) in [5.74, 6) is 1.11. The summed E-state index contributed by atoms with van der Waals surface area (Å²) in [6.45, 7) is 1.74. The van der Waals surface area contributed by atoms with Crippen molar-refractivity contribution in [3.63, 3.8) is 0 Å². The van der Waals surface area contributed by atoms with E-state index in [1.807, 2.05) is 0 Å².